The van der Waals surface area contributed by atoms with Crippen molar-refractivity contribution in [1.29, 1.82) is 0 Å². The fourth-order valence-corrected chi connectivity index (χ4v) is 3.87. The second-order valence-corrected chi connectivity index (χ2v) is 7.02. The fraction of sp³-hybridized carbons (Fsp3) is 0.217. The standard InChI is InChI=1S/C23H22N2O2/c1-16-15-19-20(13-8-14-21(19)26)25(22(16)17-9-4-2-5-10-17)24-23(27)18-11-6-3-7-12-18/h2-7,9-12,15,22H,8,13-14H2,1H3,(H,24,27). The van der Waals surface area contributed by atoms with Crippen LogP contribution in [0.3, 0.4) is 0 Å². The smallest absolute Gasteiger partial charge is 0.269 e. The van der Waals surface area contributed by atoms with Crippen molar-refractivity contribution in [2.75, 3.05) is 0 Å². The van der Waals surface area contributed by atoms with Gasteiger partial charge in [0.2, 0.25) is 0 Å². The number of rotatable bonds is 3. The number of carbonyl (C=O) groups excluding carboxylic acids is 2. The molecule has 4 nitrogen and oxygen atoms in total. The Balaban J connectivity index is 1.76. The highest BCUT2D eigenvalue weighted by atomic mass is 16.2. The summed E-state index contributed by atoms with van der Waals surface area (Å²) < 4.78 is 0. The Morgan fingerprint density at radius 3 is 2.37 bits per heavy atom. The zero-order valence-corrected chi connectivity index (χ0v) is 15.3. The highest BCUT2D eigenvalue weighted by Gasteiger charge is 2.34. The number of allylic oxidation sites excluding steroid dienone is 3. The lowest BCUT2D eigenvalue weighted by Gasteiger charge is -2.41. The molecule has 0 saturated carbocycles. The molecule has 2 aliphatic rings. The molecule has 1 aliphatic carbocycles. The molecule has 27 heavy (non-hydrogen) atoms. The summed E-state index contributed by atoms with van der Waals surface area (Å²) in [4.78, 5) is 25.3. The summed E-state index contributed by atoms with van der Waals surface area (Å²) in [7, 11) is 0. The van der Waals surface area contributed by atoms with Gasteiger partial charge < -0.3 is 0 Å². The molecule has 1 aliphatic heterocycles. The van der Waals surface area contributed by atoms with E-state index in [1.807, 2.05) is 54.4 Å². The molecule has 4 rings (SSSR count). The first kappa shape index (κ1) is 17.3. The van der Waals surface area contributed by atoms with Gasteiger partial charge in [-0.1, -0.05) is 48.5 Å². The predicted octanol–water partition coefficient (Wildman–Crippen LogP) is 4.34. The number of hydrogen-bond donors (Lipinski definition) is 1. The normalized spacial score (nSPS) is 19.4. The quantitative estimate of drug-likeness (QED) is 0.888. The second-order valence-electron chi connectivity index (χ2n) is 7.02. The topological polar surface area (TPSA) is 49.4 Å². The van der Waals surface area contributed by atoms with Crippen molar-refractivity contribution in [3.8, 4) is 0 Å². The number of amides is 1. The Bertz CT molecular complexity index is 929. The SMILES string of the molecule is CC1=CC2=C(CCCC2=O)N(NC(=O)c2ccccc2)C1c1ccccc1. The lowest BCUT2D eigenvalue weighted by atomic mass is 9.86. The van der Waals surface area contributed by atoms with Gasteiger partial charge in [-0.05, 0) is 49.1 Å². The van der Waals surface area contributed by atoms with Gasteiger partial charge in [0.05, 0.1) is 6.04 Å². The highest BCUT2D eigenvalue weighted by Crippen LogP contribution is 2.40. The maximum absolute atomic E-state index is 12.9. The number of ketones is 1. The lowest BCUT2D eigenvalue weighted by molar-refractivity contribution is -0.116. The molecule has 2 aromatic rings. The van der Waals surface area contributed by atoms with E-state index in [1.165, 1.54) is 0 Å². The number of nitrogens with one attached hydrogen (secondary N) is 1. The van der Waals surface area contributed by atoms with Crippen molar-refractivity contribution in [2.45, 2.75) is 32.2 Å². The average molecular weight is 358 g/mol. The summed E-state index contributed by atoms with van der Waals surface area (Å²) >= 11 is 0. The van der Waals surface area contributed by atoms with Gasteiger partial charge in [-0.25, -0.2) is 0 Å². The van der Waals surface area contributed by atoms with Gasteiger partial charge in [-0.15, -0.1) is 0 Å². The molecular weight excluding hydrogens is 336 g/mol. The number of benzene rings is 2. The molecular formula is C23H22N2O2. The van der Waals surface area contributed by atoms with Crippen LogP contribution in [0.2, 0.25) is 0 Å². The van der Waals surface area contributed by atoms with Gasteiger partial charge in [0.15, 0.2) is 5.78 Å². The summed E-state index contributed by atoms with van der Waals surface area (Å²) in [5, 5.41) is 1.91. The average Bonchev–Trinajstić information content (AvgIpc) is 2.70. The van der Waals surface area contributed by atoms with Gasteiger partial charge in [-0.2, -0.15) is 0 Å². The van der Waals surface area contributed by atoms with Crippen molar-refractivity contribution >= 4 is 11.7 Å². The van der Waals surface area contributed by atoms with Crippen molar-refractivity contribution in [3.05, 3.63) is 94.7 Å². The summed E-state index contributed by atoms with van der Waals surface area (Å²) in [5.41, 5.74) is 7.45. The predicted molar refractivity (Wildman–Crippen MR) is 105 cm³/mol. The number of carbonyl (C=O) groups is 2. The van der Waals surface area contributed by atoms with Crippen LogP contribution >= 0.6 is 0 Å². The molecule has 2 aromatic carbocycles. The minimum Gasteiger partial charge on any atom is -0.294 e. The zero-order chi connectivity index (χ0) is 18.8. The third-order valence-corrected chi connectivity index (χ3v) is 5.15. The van der Waals surface area contributed by atoms with Crippen molar-refractivity contribution < 1.29 is 9.59 Å². The third-order valence-electron chi connectivity index (χ3n) is 5.15. The van der Waals surface area contributed by atoms with Crippen molar-refractivity contribution in [2.24, 2.45) is 0 Å². The third kappa shape index (κ3) is 3.31. The molecule has 1 amide bonds. The second kappa shape index (κ2) is 7.23. The van der Waals surface area contributed by atoms with E-state index in [0.717, 1.165) is 35.2 Å². The summed E-state index contributed by atoms with van der Waals surface area (Å²) in [6.45, 7) is 2.02. The van der Waals surface area contributed by atoms with Crippen LogP contribution in [-0.4, -0.2) is 16.7 Å². The number of hydrogen-bond acceptors (Lipinski definition) is 3. The molecule has 1 unspecified atom stereocenters. The summed E-state index contributed by atoms with van der Waals surface area (Å²) in [6, 6.07) is 19.1. The molecule has 0 fully saturated rings. The van der Waals surface area contributed by atoms with E-state index < -0.39 is 0 Å². The molecule has 0 radical (unpaired) electrons. The molecule has 136 valence electrons. The van der Waals surface area contributed by atoms with E-state index in [4.69, 9.17) is 0 Å². The Hall–Kier alpha value is -3.14. The minimum absolute atomic E-state index is 0.122. The molecule has 1 heterocycles. The van der Waals surface area contributed by atoms with E-state index in [2.05, 4.69) is 17.6 Å². The molecule has 0 bridgehead atoms. The van der Waals surface area contributed by atoms with Crippen LogP contribution < -0.4 is 5.43 Å². The van der Waals surface area contributed by atoms with Crippen LogP contribution in [0.5, 0.6) is 0 Å². The summed E-state index contributed by atoms with van der Waals surface area (Å²) in [6.07, 6.45) is 4.16. The first-order valence-electron chi connectivity index (χ1n) is 9.30. The maximum atomic E-state index is 12.9. The van der Waals surface area contributed by atoms with Gasteiger partial charge in [0.25, 0.3) is 5.91 Å². The van der Waals surface area contributed by atoms with Crippen LogP contribution in [0.25, 0.3) is 0 Å². The first-order valence-corrected chi connectivity index (χ1v) is 9.30. The van der Waals surface area contributed by atoms with Gasteiger partial charge >= 0.3 is 0 Å². The molecule has 0 spiro atoms. The number of hydrazine groups is 1. The molecule has 0 aromatic heterocycles. The van der Waals surface area contributed by atoms with Crippen LogP contribution in [0.4, 0.5) is 0 Å². The molecule has 1 N–H and O–H groups in total. The Kier molecular flexibility index (Phi) is 4.63. The van der Waals surface area contributed by atoms with Gasteiger partial charge in [0, 0.05) is 23.3 Å². The first-order chi connectivity index (χ1) is 13.1. The number of nitrogens with zero attached hydrogens (tertiary/aromatic N) is 1. The van der Waals surface area contributed by atoms with Crippen LogP contribution in [0.1, 0.15) is 48.1 Å². The number of Topliss-reactive ketones (excluding diaryl/α,β-unsaturated/α-hetero) is 1. The highest BCUT2D eigenvalue weighted by molar-refractivity contribution is 6.00. The monoisotopic (exact) mass is 358 g/mol. The Labute approximate surface area is 159 Å². The Morgan fingerprint density at radius 1 is 1.00 bits per heavy atom. The van der Waals surface area contributed by atoms with E-state index in [-0.39, 0.29) is 17.7 Å². The molecule has 4 heteroatoms. The van der Waals surface area contributed by atoms with E-state index in [9.17, 15) is 9.59 Å². The van der Waals surface area contributed by atoms with Crippen LogP contribution in [-0.2, 0) is 4.79 Å². The van der Waals surface area contributed by atoms with E-state index >= 15 is 0 Å². The lowest BCUT2D eigenvalue weighted by Crippen LogP contribution is -2.47. The van der Waals surface area contributed by atoms with E-state index in [1.54, 1.807) is 12.1 Å². The maximum Gasteiger partial charge on any atom is 0.269 e. The molecule has 1 atom stereocenters. The molecule has 0 saturated heterocycles. The Morgan fingerprint density at radius 2 is 1.67 bits per heavy atom. The van der Waals surface area contributed by atoms with Gasteiger partial charge in [0.1, 0.15) is 0 Å². The van der Waals surface area contributed by atoms with Gasteiger partial charge in [-0.3, -0.25) is 20.0 Å². The largest absolute Gasteiger partial charge is 0.294 e. The van der Waals surface area contributed by atoms with Crippen molar-refractivity contribution in [3.63, 3.8) is 0 Å². The van der Waals surface area contributed by atoms with Crippen molar-refractivity contribution in [1.82, 2.24) is 10.4 Å². The van der Waals surface area contributed by atoms with Crippen LogP contribution in [0, 0.1) is 0 Å². The minimum atomic E-state index is -0.170. The zero-order valence-electron chi connectivity index (χ0n) is 15.3. The fourth-order valence-electron chi connectivity index (χ4n) is 3.87. The van der Waals surface area contributed by atoms with E-state index in [0.29, 0.717) is 12.0 Å². The summed E-state index contributed by atoms with van der Waals surface area (Å²) in [5.74, 6) is -0.0165. The van der Waals surface area contributed by atoms with Crippen LogP contribution in [0.15, 0.2) is 83.6 Å².